The van der Waals surface area contributed by atoms with E-state index in [1.165, 1.54) is 0 Å². The normalized spacial score (nSPS) is 16.1. The highest BCUT2D eigenvalue weighted by atomic mass is 16.5. The molecule has 2 heterocycles. The van der Waals surface area contributed by atoms with E-state index in [0.717, 1.165) is 75.2 Å². The molecule has 0 radical (unpaired) electrons. The van der Waals surface area contributed by atoms with Crippen LogP contribution in [0.1, 0.15) is 92.8 Å². The van der Waals surface area contributed by atoms with Crippen LogP contribution in [0.25, 0.3) is 0 Å². The number of nitrogens with zero attached hydrogens (tertiary/aromatic N) is 2. The zero-order valence-electron chi connectivity index (χ0n) is 26.1. The molecule has 2 amide bonds. The Labute approximate surface area is 250 Å². The monoisotopic (exact) mass is 587 g/mol. The number of morpholine rings is 1. The summed E-state index contributed by atoms with van der Waals surface area (Å²) in [5, 5.41) is 0. The molecule has 0 aliphatic carbocycles. The predicted octanol–water partition coefficient (Wildman–Crippen LogP) is 5.06. The molecule has 1 atom stereocenters. The van der Waals surface area contributed by atoms with E-state index < -0.39 is 12.0 Å². The molecule has 3 rings (SSSR count). The molecule has 0 spiro atoms. The van der Waals surface area contributed by atoms with Crippen molar-refractivity contribution in [1.82, 2.24) is 4.90 Å². The summed E-state index contributed by atoms with van der Waals surface area (Å²) in [6.07, 6.45) is 7.39. The fraction of sp³-hybridized carbons (Fsp3) is 0.656. The van der Waals surface area contributed by atoms with E-state index in [9.17, 15) is 14.4 Å². The van der Waals surface area contributed by atoms with Crippen LogP contribution in [0.2, 0.25) is 0 Å². The number of allylic oxidation sites excluding steroid dienone is 2. The molecule has 10 nitrogen and oxygen atoms in total. The number of carbonyl (C=O) groups is 3. The van der Waals surface area contributed by atoms with E-state index >= 15 is 0 Å². The molecule has 234 valence electrons. The molecule has 1 aromatic rings. The van der Waals surface area contributed by atoms with Gasteiger partial charge in [-0.25, -0.2) is 9.59 Å². The number of urea groups is 1. The molecule has 0 bridgehead atoms. The fourth-order valence-corrected chi connectivity index (χ4v) is 5.77. The Morgan fingerprint density at radius 3 is 2.55 bits per heavy atom. The van der Waals surface area contributed by atoms with Crippen molar-refractivity contribution in [1.29, 1.82) is 0 Å². The zero-order chi connectivity index (χ0) is 30.6. The summed E-state index contributed by atoms with van der Waals surface area (Å²) < 4.78 is 22.1. The first-order valence-corrected chi connectivity index (χ1v) is 15.3. The highest BCUT2D eigenvalue weighted by Gasteiger charge is 2.37. The Kier molecular flexibility index (Phi) is 13.1. The molecule has 2 aliphatic heterocycles. The van der Waals surface area contributed by atoms with Crippen LogP contribution >= 0.6 is 0 Å². The van der Waals surface area contributed by atoms with Gasteiger partial charge in [-0.15, -0.1) is 0 Å². The third-order valence-electron chi connectivity index (χ3n) is 8.22. The Balaban J connectivity index is 1.78. The molecule has 1 saturated heterocycles. The first-order chi connectivity index (χ1) is 20.2. The highest BCUT2D eigenvalue weighted by Crippen LogP contribution is 2.44. The molecule has 0 saturated carbocycles. The third-order valence-corrected chi connectivity index (χ3v) is 8.22. The molecule has 1 aromatic carbocycles. The Morgan fingerprint density at radius 1 is 1.17 bits per heavy atom. The molecular formula is C32H49N3O7. The molecule has 10 heteroatoms. The number of ether oxygens (including phenoxy) is 4. The van der Waals surface area contributed by atoms with Crippen molar-refractivity contribution in [3.8, 4) is 5.75 Å². The Bertz CT molecular complexity index is 1130. The molecule has 1 unspecified atom stereocenters. The molecule has 42 heavy (non-hydrogen) atoms. The maximum Gasteiger partial charge on any atom is 0.341 e. The van der Waals surface area contributed by atoms with Gasteiger partial charge >= 0.3 is 18.0 Å². The van der Waals surface area contributed by atoms with Crippen molar-refractivity contribution in [2.45, 2.75) is 91.7 Å². The van der Waals surface area contributed by atoms with Crippen LogP contribution in [0.5, 0.6) is 5.75 Å². The summed E-state index contributed by atoms with van der Waals surface area (Å²) in [4.78, 5) is 42.3. The maximum atomic E-state index is 13.0. The van der Waals surface area contributed by atoms with Gasteiger partial charge in [-0.2, -0.15) is 0 Å². The second-order valence-corrected chi connectivity index (χ2v) is 11.1. The number of rotatable bonds is 16. The van der Waals surface area contributed by atoms with Gasteiger partial charge in [0.1, 0.15) is 12.4 Å². The largest absolute Gasteiger partial charge is 0.496 e. The quantitative estimate of drug-likeness (QED) is 0.162. The van der Waals surface area contributed by atoms with Crippen LogP contribution in [0.4, 0.5) is 10.5 Å². The number of hydrogen-bond acceptors (Lipinski definition) is 8. The van der Waals surface area contributed by atoms with Crippen LogP contribution in [0, 0.1) is 6.92 Å². The lowest BCUT2D eigenvalue weighted by Crippen LogP contribution is -2.45. The summed E-state index contributed by atoms with van der Waals surface area (Å²) in [5.74, 6) is -0.0660. The van der Waals surface area contributed by atoms with E-state index in [1.807, 2.05) is 26.8 Å². The van der Waals surface area contributed by atoms with Crippen LogP contribution in [0.3, 0.4) is 0 Å². The number of carbonyl (C=O) groups excluding carboxylic acids is 3. The van der Waals surface area contributed by atoms with Gasteiger partial charge in [0.15, 0.2) is 0 Å². The van der Waals surface area contributed by atoms with Crippen molar-refractivity contribution in [3.05, 3.63) is 33.9 Å². The van der Waals surface area contributed by atoms with Crippen LogP contribution in [-0.2, 0) is 32.0 Å². The first kappa shape index (κ1) is 33.4. The molecule has 0 aromatic heterocycles. The van der Waals surface area contributed by atoms with Crippen LogP contribution in [-0.4, -0.2) is 75.5 Å². The van der Waals surface area contributed by atoms with Crippen molar-refractivity contribution >= 4 is 23.7 Å². The number of fused-ring (bicyclic) bond motifs is 1. The molecule has 2 N–H and O–H groups in total. The lowest BCUT2D eigenvalue weighted by Gasteiger charge is -2.33. The predicted molar refractivity (Wildman–Crippen MR) is 162 cm³/mol. The lowest BCUT2D eigenvalue weighted by atomic mass is 9.91. The maximum absolute atomic E-state index is 13.0. The zero-order valence-corrected chi connectivity index (χ0v) is 26.1. The number of nitrogens with two attached hydrogens (primary N) is 1. The topological polar surface area (TPSA) is 121 Å². The summed E-state index contributed by atoms with van der Waals surface area (Å²) in [6.45, 7) is 12.8. The molecular weight excluding hydrogens is 538 g/mol. The third kappa shape index (κ3) is 8.47. The average molecular weight is 588 g/mol. The van der Waals surface area contributed by atoms with Gasteiger partial charge in [0, 0.05) is 43.2 Å². The first-order valence-electron chi connectivity index (χ1n) is 15.3. The lowest BCUT2D eigenvalue weighted by molar-refractivity contribution is -0.143. The Morgan fingerprint density at radius 2 is 1.90 bits per heavy atom. The van der Waals surface area contributed by atoms with Gasteiger partial charge in [0.2, 0.25) is 0 Å². The van der Waals surface area contributed by atoms with Gasteiger partial charge < -0.3 is 24.7 Å². The SMILES string of the molecule is CCCCC(CC)N(C(N)=O)c1c(CC=C(C)CCC(=O)OCCCN2CCOCC2)c(OC)c(C)c2c1C(=O)OC2. The number of anilines is 1. The van der Waals surface area contributed by atoms with E-state index in [4.69, 9.17) is 24.7 Å². The summed E-state index contributed by atoms with van der Waals surface area (Å²) >= 11 is 0. The van der Waals surface area contributed by atoms with Gasteiger partial charge in [0.25, 0.3) is 0 Å². The number of cyclic esters (lactones) is 1. The number of esters is 2. The minimum atomic E-state index is -0.607. The minimum Gasteiger partial charge on any atom is -0.496 e. The summed E-state index contributed by atoms with van der Waals surface area (Å²) in [5.41, 5.74) is 10.1. The number of benzene rings is 1. The van der Waals surface area contributed by atoms with Gasteiger partial charge in [0.05, 0.1) is 38.2 Å². The molecule has 2 aliphatic rings. The number of primary amides is 1. The van der Waals surface area contributed by atoms with Crippen LogP contribution in [0.15, 0.2) is 11.6 Å². The summed E-state index contributed by atoms with van der Waals surface area (Å²) in [6, 6.07) is -0.779. The van der Waals surface area contributed by atoms with E-state index in [0.29, 0.717) is 48.4 Å². The van der Waals surface area contributed by atoms with Crippen molar-refractivity contribution < 1.29 is 33.3 Å². The molecule has 1 fully saturated rings. The van der Waals surface area contributed by atoms with Crippen molar-refractivity contribution in [2.24, 2.45) is 5.73 Å². The van der Waals surface area contributed by atoms with Crippen molar-refractivity contribution in [2.75, 3.05) is 51.5 Å². The van der Waals surface area contributed by atoms with E-state index in [-0.39, 0.29) is 25.0 Å². The number of hydrogen-bond donors (Lipinski definition) is 1. The van der Waals surface area contributed by atoms with Gasteiger partial charge in [-0.3, -0.25) is 14.6 Å². The summed E-state index contributed by atoms with van der Waals surface area (Å²) in [7, 11) is 1.59. The number of amides is 2. The van der Waals surface area contributed by atoms with E-state index in [1.54, 1.807) is 12.0 Å². The fourth-order valence-electron chi connectivity index (χ4n) is 5.77. The smallest absolute Gasteiger partial charge is 0.341 e. The standard InChI is InChI=1S/C32H49N3O7/c1-6-8-10-24(7-2)35(32(33)38)29-25(30(39-5)23(4)26-21-42-31(37)28(26)29)13-11-22(3)12-14-27(36)41-18-9-15-34-16-19-40-20-17-34/h11,24H,6-10,12-21H2,1-5H3,(H2,33,38). The number of methoxy groups -OCH3 is 1. The minimum absolute atomic E-state index is 0.130. The van der Waals surface area contributed by atoms with Gasteiger partial charge in [-0.05, 0) is 51.5 Å². The van der Waals surface area contributed by atoms with E-state index in [2.05, 4.69) is 11.8 Å². The second-order valence-electron chi connectivity index (χ2n) is 11.1. The second kappa shape index (κ2) is 16.5. The van der Waals surface area contributed by atoms with Gasteiger partial charge in [-0.1, -0.05) is 38.3 Å². The van der Waals surface area contributed by atoms with Crippen molar-refractivity contribution in [3.63, 3.8) is 0 Å². The highest BCUT2D eigenvalue weighted by molar-refractivity contribution is 6.06. The van der Waals surface area contributed by atoms with Crippen LogP contribution < -0.4 is 15.4 Å². The number of unbranched alkanes of at least 4 members (excludes halogenated alkanes) is 1. The average Bonchev–Trinajstić information content (AvgIpc) is 3.37. The Hall–Kier alpha value is -3.11.